The number of halogens is 1. The number of nitrogens with one attached hydrogen (secondary N) is 1. The molecule has 5 heteroatoms. The Labute approximate surface area is 131 Å². The molecular weight excluding hydrogens is 288 g/mol. The first-order valence-corrected chi connectivity index (χ1v) is 6.74. The van der Waals surface area contributed by atoms with Crippen molar-refractivity contribution in [3.05, 3.63) is 53.9 Å². The highest BCUT2D eigenvalue weighted by Gasteiger charge is 2.05. The fraction of sp³-hybridized carbons (Fsp3) is 0.312. The van der Waals surface area contributed by atoms with E-state index in [0.717, 1.165) is 35.8 Å². The van der Waals surface area contributed by atoms with Crippen LogP contribution >= 0.6 is 0 Å². The summed E-state index contributed by atoms with van der Waals surface area (Å²) in [6.07, 6.45) is 1.80. The number of hydrogen-bond donors (Lipinski definition) is 1. The fourth-order valence-corrected chi connectivity index (χ4v) is 1.93. The van der Waals surface area contributed by atoms with Gasteiger partial charge in [0.2, 0.25) is 0 Å². The Morgan fingerprint density at radius 3 is 2.62 bits per heavy atom. The largest absolute Gasteiger partial charge is 1.00 e. The zero-order valence-corrected chi connectivity index (χ0v) is 13.1. The zero-order chi connectivity index (χ0) is 14.2. The van der Waals surface area contributed by atoms with Crippen LogP contribution < -0.4 is 27.2 Å². The zero-order valence-electron chi connectivity index (χ0n) is 12.3. The van der Waals surface area contributed by atoms with Crippen LogP contribution in [0.3, 0.4) is 0 Å². The van der Waals surface area contributed by atoms with E-state index in [2.05, 4.69) is 10.3 Å². The quantitative estimate of drug-likeness (QED) is 0.768. The van der Waals surface area contributed by atoms with Gasteiger partial charge in [0.05, 0.1) is 19.4 Å². The number of hydrogen-bond acceptors (Lipinski definition) is 4. The Hall–Kier alpha value is -1.78. The molecule has 1 heterocycles. The van der Waals surface area contributed by atoms with E-state index in [1.165, 1.54) is 0 Å². The van der Waals surface area contributed by atoms with Crippen LogP contribution in [-0.2, 0) is 13.1 Å². The van der Waals surface area contributed by atoms with Crippen molar-refractivity contribution < 1.29 is 21.9 Å². The summed E-state index contributed by atoms with van der Waals surface area (Å²) in [7, 11) is 1.66. The Bertz CT molecular complexity index is 535. The van der Waals surface area contributed by atoms with Gasteiger partial charge in [-0.15, -0.1) is 0 Å². The summed E-state index contributed by atoms with van der Waals surface area (Å²) < 4.78 is 10.8. The van der Waals surface area contributed by atoms with Crippen LogP contribution in [0.1, 0.15) is 18.2 Å². The normalized spacial score (nSPS) is 9.81. The van der Waals surface area contributed by atoms with E-state index in [4.69, 9.17) is 9.47 Å². The van der Waals surface area contributed by atoms with Crippen molar-refractivity contribution in [2.24, 2.45) is 0 Å². The maximum Gasteiger partial charge on any atom is 0.161 e. The summed E-state index contributed by atoms with van der Waals surface area (Å²) in [5, 5.41) is 3.36. The monoisotopic (exact) mass is 307 g/mol. The Morgan fingerprint density at radius 1 is 1.10 bits per heavy atom. The smallest absolute Gasteiger partial charge is 0.161 e. The topological polar surface area (TPSA) is 43.4 Å². The van der Waals surface area contributed by atoms with Crippen molar-refractivity contribution in [2.75, 3.05) is 13.7 Å². The first kappa shape index (κ1) is 17.3. The lowest BCUT2D eigenvalue weighted by Crippen LogP contribution is -3.00. The molecule has 114 valence electrons. The third-order valence-electron chi connectivity index (χ3n) is 2.89. The second-order valence-corrected chi connectivity index (χ2v) is 4.34. The van der Waals surface area contributed by atoms with E-state index < -0.39 is 0 Å². The molecule has 0 amide bonds. The first-order chi connectivity index (χ1) is 9.83. The van der Waals surface area contributed by atoms with E-state index >= 15 is 0 Å². The summed E-state index contributed by atoms with van der Waals surface area (Å²) in [5.41, 5.74) is 2.19. The molecule has 0 aliphatic carbocycles. The molecule has 0 saturated carbocycles. The van der Waals surface area contributed by atoms with Crippen molar-refractivity contribution >= 4 is 0 Å². The van der Waals surface area contributed by atoms with Crippen LogP contribution in [0, 0.1) is 0 Å². The Kier molecular flexibility index (Phi) is 7.58. The standard InChI is InChI=1S/C16H20N2O2.ClH/c1-3-20-15-8-7-13(10-16(15)19-2)11-17-12-14-6-4-5-9-18-14;/h4-10,17H,3,11-12H2,1-2H3;1H/p-1. The van der Waals surface area contributed by atoms with Crippen LogP contribution in [0.15, 0.2) is 42.6 Å². The molecule has 2 aromatic rings. The van der Waals surface area contributed by atoms with Gasteiger partial charge in [0.1, 0.15) is 0 Å². The predicted molar refractivity (Wildman–Crippen MR) is 78.9 cm³/mol. The van der Waals surface area contributed by atoms with Crippen molar-refractivity contribution in [1.82, 2.24) is 10.3 Å². The van der Waals surface area contributed by atoms with E-state index in [9.17, 15) is 0 Å². The number of rotatable bonds is 7. The van der Waals surface area contributed by atoms with Crippen LogP contribution in [0.4, 0.5) is 0 Å². The van der Waals surface area contributed by atoms with Gasteiger partial charge >= 0.3 is 0 Å². The summed E-state index contributed by atoms with van der Waals surface area (Å²) in [6.45, 7) is 4.10. The minimum absolute atomic E-state index is 0. The van der Waals surface area contributed by atoms with E-state index in [1.807, 2.05) is 43.3 Å². The van der Waals surface area contributed by atoms with Gasteiger partial charge in [-0.1, -0.05) is 12.1 Å². The van der Waals surface area contributed by atoms with Gasteiger partial charge in [0.15, 0.2) is 11.5 Å². The molecule has 21 heavy (non-hydrogen) atoms. The van der Waals surface area contributed by atoms with Crippen molar-refractivity contribution in [3.8, 4) is 11.5 Å². The lowest BCUT2D eigenvalue weighted by atomic mass is 10.2. The second-order valence-electron chi connectivity index (χ2n) is 4.34. The number of nitrogens with zero attached hydrogens (tertiary/aromatic N) is 1. The van der Waals surface area contributed by atoms with Crippen LogP contribution in [-0.4, -0.2) is 18.7 Å². The molecule has 0 radical (unpaired) electrons. The van der Waals surface area contributed by atoms with Gasteiger partial charge in [-0.2, -0.15) is 0 Å². The van der Waals surface area contributed by atoms with E-state index in [-0.39, 0.29) is 12.4 Å². The number of methoxy groups -OCH3 is 1. The van der Waals surface area contributed by atoms with Crippen LogP contribution in [0.5, 0.6) is 11.5 Å². The molecule has 4 nitrogen and oxygen atoms in total. The summed E-state index contributed by atoms with van der Waals surface area (Å²) >= 11 is 0. The molecule has 0 atom stereocenters. The molecule has 1 aromatic carbocycles. The van der Waals surface area contributed by atoms with Crippen molar-refractivity contribution in [1.29, 1.82) is 0 Å². The molecule has 2 rings (SSSR count). The lowest BCUT2D eigenvalue weighted by Gasteiger charge is -2.11. The van der Waals surface area contributed by atoms with Gasteiger partial charge in [-0.3, -0.25) is 4.98 Å². The third-order valence-corrected chi connectivity index (χ3v) is 2.89. The Morgan fingerprint density at radius 2 is 1.95 bits per heavy atom. The average Bonchev–Trinajstić information content (AvgIpc) is 2.50. The summed E-state index contributed by atoms with van der Waals surface area (Å²) in [4.78, 5) is 4.27. The summed E-state index contributed by atoms with van der Waals surface area (Å²) in [5.74, 6) is 1.55. The predicted octanol–water partition coefficient (Wildman–Crippen LogP) is -0.217. The molecule has 0 bridgehead atoms. The summed E-state index contributed by atoms with van der Waals surface area (Å²) in [6, 6.07) is 11.9. The molecule has 0 aliphatic rings. The van der Waals surface area contributed by atoms with Gasteiger partial charge in [-0.25, -0.2) is 0 Å². The second kappa shape index (κ2) is 9.21. The molecular formula is C16H20ClN2O2-. The molecule has 0 unspecified atom stereocenters. The third kappa shape index (κ3) is 5.25. The number of pyridine rings is 1. The molecule has 0 aliphatic heterocycles. The first-order valence-electron chi connectivity index (χ1n) is 6.74. The minimum atomic E-state index is 0. The molecule has 0 spiro atoms. The van der Waals surface area contributed by atoms with Crippen molar-refractivity contribution in [2.45, 2.75) is 20.0 Å². The van der Waals surface area contributed by atoms with Gasteiger partial charge in [0, 0.05) is 19.3 Å². The average molecular weight is 308 g/mol. The molecule has 0 fully saturated rings. The minimum Gasteiger partial charge on any atom is -1.00 e. The molecule has 1 aromatic heterocycles. The maximum absolute atomic E-state index is 5.50. The van der Waals surface area contributed by atoms with E-state index in [1.54, 1.807) is 13.3 Å². The van der Waals surface area contributed by atoms with Crippen LogP contribution in [0.25, 0.3) is 0 Å². The fourth-order valence-electron chi connectivity index (χ4n) is 1.93. The highest BCUT2D eigenvalue weighted by atomic mass is 35.5. The van der Waals surface area contributed by atoms with Gasteiger partial charge in [-0.05, 0) is 36.8 Å². The highest BCUT2D eigenvalue weighted by Crippen LogP contribution is 2.27. The Balaban J connectivity index is 0.00000220. The number of ether oxygens (including phenoxy) is 2. The van der Waals surface area contributed by atoms with Gasteiger partial charge in [0.25, 0.3) is 0 Å². The lowest BCUT2D eigenvalue weighted by molar-refractivity contribution is -0.00000498. The number of aromatic nitrogens is 1. The van der Waals surface area contributed by atoms with Gasteiger partial charge < -0.3 is 27.2 Å². The SMILES string of the molecule is CCOc1ccc(CNCc2ccccn2)cc1OC.[Cl-]. The number of benzene rings is 1. The van der Waals surface area contributed by atoms with E-state index in [0.29, 0.717) is 6.61 Å². The molecule has 0 saturated heterocycles. The van der Waals surface area contributed by atoms with Crippen molar-refractivity contribution in [3.63, 3.8) is 0 Å². The maximum atomic E-state index is 5.50. The highest BCUT2D eigenvalue weighted by molar-refractivity contribution is 5.42. The molecule has 1 N–H and O–H groups in total. The van der Waals surface area contributed by atoms with Crippen LogP contribution in [0.2, 0.25) is 0 Å².